The van der Waals surface area contributed by atoms with E-state index in [0.29, 0.717) is 18.3 Å². The topological polar surface area (TPSA) is 62.4 Å². The molecule has 5 nitrogen and oxygen atoms in total. The summed E-state index contributed by atoms with van der Waals surface area (Å²) in [6, 6.07) is 6.16. The van der Waals surface area contributed by atoms with Crippen molar-refractivity contribution >= 4 is 0 Å². The highest BCUT2D eigenvalue weighted by Crippen LogP contribution is 2.21. The minimum atomic E-state index is -0.291. The molecule has 0 unspecified atom stereocenters. The summed E-state index contributed by atoms with van der Waals surface area (Å²) in [5, 5.41) is 13.2. The lowest BCUT2D eigenvalue weighted by Gasteiger charge is -2.20. The van der Waals surface area contributed by atoms with Gasteiger partial charge in [0.05, 0.1) is 13.2 Å². The maximum absolute atomic E-state index is 12.9. The third-order valence-corrected chi connectivity index (χ3v) is 3.62. The van der Waals surface area contributed by atoms with Crippen LogP contribution in [-0.4, -0.2) is 39.3 Å². The lowest BCUT2D eigenvalue weighted by atomic mass is 10.2. The zero-order valence-electron chi connectivity index (χ0n) is 11.0. The van der Waals surface area contributed by atoms with Gasteiger partial charge < -0.3 is 9.63 Å². The van der Waals surface area contributed by atoms with Gasteiger partial charge in [0.25, 0.3) is 0 Å². The van der Waals surface area contributed by atoms with Crippen molar-refractivity contribution < 1.29 is 14.0 Å². The molecule has 1 atom stereocenters. The van der Waals surface area contributed by atoms with Gasteiger partial charge in [-0.1, -0.05) is 5.16 Å². The lowest BCUT2D eigenvalue weighted by Crippen LogP contribution is -2.31. The van der Waals surface area contributed by atoms with Gasteiger partial charge in [0, 0.05) is 11.6 Å². The second-order valence-electron chi connectivity index (χ2n) is 4.97. The van der Waals surface area contributed by atoms with Gasteiger partial charge in [-0.3, -0.25) is 4.90 Å². The second-order valence-corrected chi connectivity index (χ2v) is 4.97. The Bertz CT molecular complexity index is 570. The molecule has 1 saturated heterocycles. The van der Waals surface area contributed by atoms with Crippen LogP contribution < -0.4 is 0 Å². The number of aromatic nitrogens is 2. The van der Waals surface area contributed by atoms with Gasteiger partial charge in [-0.25, -0.2) is 4.39 Å². The van der Waals surface area contributed by atoms with E-state index in [2.05, 4.69) is 15.0 Å². The van der Waals surface area contributed by atoms with Gasteiger partial charge in [-0.05, 0) is 43.7 Å². The Morgan fingerprint density at radius 3 is 2.90 bits per heavy atom. The smallest absolute Gasteiger partial charge is 0.241 e. The van der Waals surface area contributed by atoms with Gasteiger partial charge in [0.1, 0.15) is 5.82 Å². The first kappa shape index (κ1) is 13.2. The maximum atomic E-state index is 12.9. The van der Waals surface area contributed by atoms with E-state index in [-0.39, 0.29) is 18.5 Å². The first-order valence-corrected chi connectivity index (χ1v) is 6.69. The summed E-state index contributed by atoms with van der Waals surface area (Å²) in [6.45, 7) is 1.62. The molecule has 1 N–H and O–H groups in total. The van der Waals surface area contributed by atoms with E-state index in [1.54, 1.807) is 12.1 Å². The van der Waals surface area contributed by atoms with Crippen molar-refractivity contribution in [1.82, 2.24) is 15.0 Å². The van der Waals surface area contributed by atoms with E-state index in [9.17, 15) is 9.50 Å². The molecule has 3 rings (SSSR count). The monoisotopic (exact) mass is 277 g/mol. The minimum Gasteiger partial charge on any atom is -0.395 e. The molecule has 0 amide bonds. The molecule has 0 spiro atoms. The van der Waals surface area contributed by atoms with E-state index >= 15 is 0 Å². The van der Waals surface area contributed by atoms with Gasteiger partial charge in [-0.2, -0.15) is 4.98 Å². The van der Waals surface area contributed by atoms with Gasteiger partial charge in [0.2, 0.25) is 11.7 Å². The Labute approximate surface area is 116 Å². The van der Waals surface area contributed by atoms with Crippen molar-refractivity contribution in [3.05, 3.63) is 36.0 Å². The van der Waals surface area contributed by atoms with Gasteiger partial charge in [0.15, 0.2) is 0 Å². The molecule has 0 bridgehead atoms. The average Bonchev–Trinajstić information content (AvgIpc) is 3.09. The molecule has 20 heavy (non-hydrogen) atoms. The molecular weight excluding hydrogens is 261 g/mol. The highest BCUT2D eigenvalue weighted by Gasteiger charge is 2.25. The minimum absolute atomic E-state index is 0.152. The Morgan fingerprint density at radius 1 is 1.35 bits per heavy atom. The number of likely N-dealkylation sites (tertiary alicyclic amines) is 1. The zero-order valence-corrected chi connectivity index (χ0v) is 11.0. The van der Waals surface area contributed by atoms with Crippen LogP contribution in [0.25, 0.3) is 11.4 Å². The van der Waals surface area contributed by atoms with E-state index < -0.39 is 0 Å². The molecule has 1 aliphatic heterocycles. The lowest BCUT2D eigenvalue weighted by molar-refractivity contribution is 0.141. The van der Waals surface area contributed by atoms with Crippen LogP contribution >= 0.6 is 0 Å². The Hall–Kier alpha value is -1.79. The van der Waals surface area contributed by atoms with Crippen molar-refractivity contribution in [2.75, 3.05) is 13.2 Å². The van der Waals surface area contributed by atoms with Crippen LogP contribution in [0.5, 0.6) is 0 Å². The quantitative estimate of drug-likeness (QED) is 0.923. The number of nitrogens with zero attached hydrogens (tertiary/aromatic N) is 3. The molecule has 1 aromatic carbocycles. The van der Waals surface area contributed by atoms with Crippen molar-refractivity contribution in [2.24, 2.45) is 0 Å². The number of hydrogen-bond acceptors (Lipinski definition) is 5. The summed E-state index contributed by atoms with van der Waals surface area (Å²) in [4.78, 5) is 6.46. The van der Waals surface area contributed by atoms with Gasteiger partial charge in [-0.15, -0.1) is 0 Å². The van der Waals surface area contributed by atoms with Crippen LogP contribution in [0.2, 0.25) is 0 Å². The maximum Gasteiger partial charge on any atom is 0.241 e. The fourth-order valence-electron chi connectivity index (χ4n) is 2.52. The molecule has 6 heteroatoms. The Balaban J connectivity index is 1.72. The molecule has 0 aliphatic carbocycles. The number of aliphatic hydroxyl groups excluding tert-OH is 1. The third-order valence-electron chi connectivity index (χ3n) is 3.62. The summed E-state index contributed by atoms with van der Waals surface area (Å²) in [5.74, 6) is 0.685. The molecule has 0 radical (unpaired) electrons. The fourth-order valence-corrected chi connectivity index (χ4v) is 2.52. The zero-order chi connectivity index (χ0) is 13.9. The van der Waals surface area contributed by atoms with E-state index in [4.69, 9.17) is 4.52 Å². The summed E-state index contributed by atoms with van der Waals surface area (Å²) in [5.41, 5.74) is 0.724. The SMILES string of the molecule is OC[C@H]1CCCN1Cc1nc(-c2ccc(F)cc2)no1. The van der Waals surface area contributed by atoms with Crippen LogP contribution in [0.4, 0.5) is 4.39 Å². The number of hydrogen-bond donors (Lipinski definition) is 1. The summed E-state index contributed by atoms with van der Waals surface area (Å²) in [7, 11) is 0. The molecule has 1 aliphatic rings. The fraction of sp³-hybridized carbons (Fsp3) is 0.429. The predicted octanol–water partition coefficient (Wildman–Crippen LogP) is 1.83. The van der Waals surface area contributed by atoms with Crippen LogP contribution in [-0.2, 0) is 6.54 Å². The van der Waals surface area contributed by atoms with Crippen molar-refractivity contribution in [2.45, 2.75) is 25.4 Å². The molecule has 2 aromatic rings. The third kappa shape index (κ3) is 2.71. The number of aliphatic hydroxyl groups is 1. The molecule has 2 heterocycles. The Morgan fingerprint density at radius 2 is 2.15 bits per heavy atom. The van der Waals surface area contributed by atoms with Crippen molar-refractivity contribution in [1.29, 1.82) is 0 Å². The van der Waals surface area contributed by atoms with Crippen molar-refractivity contribution in [3.8, 4) is 11.4 Å². The molecule has 1 fully saturated rings. The summed E-state index contributed by atoms with van der Waals surface area (Å²) < 4.78 is 18.1. The number of benzene rings is 1. The average molecular weight is 277 g/mol. The molecule has 0 saturated carbocycles. The molecular formula is C14H16FN3O2. The van der Waals surface area contributed by atoms with Crippen LogP contribution in [0.3, 0.4) is 0 Å². The summed E-state index contributed by atoms with van der Waals surface area (Å²) in [6.07, 6.45) is 2.07. The summed E-state index contributed by atoms with van der Waals surface area (Å²) >= 11 is 0. The normalized spacial score (nSPS) is 19.6. The largest absolute Gasteiger partial charge is 0.395 e. The van der Waals surface area contributed by atoms with E-state index in [1.807, 2.05) is 0 Å². The van der Waals surface area contributed by atoms with Gasteiger partial charge >= 0.3 is 0 Å². The number of rotatable bonds is 4. The highest BCUT2D eigenvalue weighted by atomic mass is 19.1. The standard InChI is InChI=1S/C14H16FN3O2/c15-11-5-3-10(4-6-11)14-16-13(20-17-14)8-18-7-1-2-12(18)9-19/h3-6,12,19H,1-2,7-9H2/t12-/m1/s1. The molecule has 1 aromatic heterocycles. The first-order chi connectivity index (χ1) is 9.76. The van der Waals surface area contributed by atoms with E-state index in [0.717, 1.165) is 24.9 Å². The Kier molecular flexibility index (Phi) is 3.75. The van der Waals surface area contributed by atoms with E-state index in [1.165, 1.54) is 12.1 Å². The van der Waals surface area contributed by atoms with Crippen LogP contribution in [0.1, 0.15) is 18.7 Å². The van der Waals surface area contributed by atoms with Crippen LogP contribution in [0, 0.1) is 5.82 Å². The van der Waals surface area contributed by atoms with Crippen LogP contribution in [0.15, 0.2) is 28.8 Å². The highest BCUT2D eigenvalue weighted by molar-refractivity contribution is 5.53. The second kappa shape index (κ2) is 5.68. The van der Waals surface area contributed by atoms with Crippen molar-refractivity contribution in [3.63, 3.8) is 0 Å². The molecule has 106 valence electrons. The predicted molar refractivity (Wildman–Crippen MR) is 70.2 cm³/mol. The first-order valence-electron chi connectivity index (χ1n) is 6.69. The number of halogens is 1.